The summed E-state index contributed by atoms with van der Waals surface area (Å²) in [5.74, 6) is 1.06. The van der Waals surface area contributed by atoms with Crippen LogP contribution in [0.15, 0.2) is 48.5 Å². The first kappa shape index (κ1) is 16.9. The highest BCUT2D eigenvalue weighted by Crippen LogP contribution is 2.26. The minimum atomic E-state index is -0.160. The molecule has 4 heteroatoms. The lowest BCUT2D eigenvalue weighted by molar-refractivity contribution is -0.123. The van der Waals surface area contributed by atoms with Crippen molar-refractivity contribution in [3.05, 3.63) is 59.7 Å². The van der Waals surface area contributed by atoms with Crippen molar-refractivity contribution in [3.63, 3.8) is 0 Å². The summed E-state index contributed by atoms with van der Waals surface area (Å²) in [6.07, 6.45) is 0. The quantitative estimate of drug-likeness (QED) is 0.849. The smallest absolute Gasteiger partial charge is 0.258 e. The van der Waals surface area contributed by atoms with Crippen LogP contribution in [0.2, 0.25) is 0 Å². The molecule has 0 fully saturated rings. The Morgan fingerprint density at radius 3 is 2.30 bits per heavy atom. The van der Waals surface area contributed by atoms with Crippen molar-refractivity contribution in [1.82, 2.24) is 5.32 Å². The summed E-state index contributed by atoms with van der Waals surface area (Å²) in [6, 6.07) is 15.3. The molecule has 2 aromatic rings. The predicted molar refractivity (Wildman–Crippen MR) is 90.8 cm³/mol. The summed E-state index contributed by atoms with van der Waals surface area (Å²) in [6.45, 7) is 6.42. The molecule has 23 heavy (non-hydrogen) atoms. The van der Waals surface area contributed by atoms with Gasteiger partial charge in [0.25, 0.3) is 5.91 Å². The molecule has 0 aliphatic heterocycles. The van der Waals surface area contributed by atoms with Crippen LogP contribution in [0.5, 0.6) is 11.5 Å². The molecule has 2 aromatic carbocycles. The molecule has 2 rings (SSSR count). The molecule has 0 saturated carbocycles. The zero-order valence-electron chi connectivity index (χ0n) is 13.8. The largest absolute Gasteiger partial charge is 0.490 e. The van der Waals surface area contributed by atoms with Crippen LogP contribution in [-0.4, -0.2) is 19.1 Å². The molecule has 0 spiro atoms. The van der Waals surface area contributed by atoms with Crippen molar-refractivity contribution in [2.24, 2.45) is 0 Å². The fourth-order valence-electron chi connectivity index (χ4n) is 2.42. The van der Waals surface area contributed by atoms with E-state index in [1.54, 1.807) is 6.07 Å². The molecule has 122 valence electrons. The molecule has 0 bridgehead atoms. The highest BCUT2D eigenvalue weighted by atomic mass is 16.5. The zero-order chi connectivity index (χ0) is 16.7. The van der Waals surface area contributed by atoms with Gasteiger partial charge in [-0.05, 0) is 44.0 Å². The second kappa shape index (κ2) is 8.22. The van der Waals surface area contributed by atoms with Gasteiger partial charge in [-0.25, -0.2) is 0 Å². The highest BCUT2D eigenvalue weighted by molar-refractivity contribution is 5.78. The summed E-state index contributed by atoms with van der Waals surface area (Å²) < 4.78 is 11.1. The van der Waals surface area contributed by atoms with Crippen molar-refractivity contribution in [3.8, 4) is 11.5 Å². The van der Waals surface area contributed by atoms with Crippen LogP contribution in [0.3, 0.4) is 0 Å². The average Bonchev–Trinajstić information content (AvgIpc) is 2.54. The first-order valence-electron chi connectivity index (χ1n) is 7.81. The molecule has 0 aliphatic carbocycles. The number of para-hydroxylation sites is 2. The summed E-state index contributed by atoms with van der Waals surface area (Å²) in [5.41, 5.74) is 2.26. The number of aryl methyl sites for hydroxylation is 1. The van der Waals surface area contributed by atoms with Gasteiger partial charge in [-0.15, -0.1) is 0 Å². The lowest BCUT2D eigenvalue weighted by Gasteiger charge is -2.17. The number of carbonyl (C=O) groups is 1. The SMILES string of the molecule is CCOc1ccccc1OCC(=O)NC(C)c1ccccc1C. The number of nitrogens with one attached hydrogen (secondary N) is 1. The van der Waals surface area contributed by atoms with Crippen LogP contribution < -0.4 is 14.8 Å². The van der Waals surface area contributed by atoms with Gasteiger partial charge in [0.2, 0.25) is 0 Å². The number of hydrogen-bond acceptors (Lipinski definition) is 3. The van der Waals surface area contributed by atoms with E-state index in [9.17, 15) is 4.79 Å². The standard InChI is InChI=1S/C19H23NO3/c1-4-22-17-11-7-8-12-18(17)23-13-19(21)20-15(3)16-10-6-5-9-14(16)2/h5-12,15H,4,13H2,1-3H3,(H,20,21). The molecule has 4 nitrogen and oxygen atoms in total. The van der Waals surface area contributed by atoms with E-state index in [1.165, 1.54) is 0 Å². The van der Waals surface area contributed by atoms with Crippen molar-refractivity contribution < 1.29 is 14.3 Å². The maximum Gasteiger partial charge on any atom is 0.258 e. The molecule has 0 aliphatic rings. The summed E-state index contributed by atoms with van der Waals surface area (Å²) in [5, 5.41) is 2.95. The first-order valence-corrected chi connectivity index (χ1v) is 7.81. The third-order valence-corrected chi connectivity index (χ3v) is 3.54. The summed E-state index contributed by atoms with van der Waals surface area (Å²) in [7, 11) is 0. The second-order valence-electron chi connectivity index (χ2n) is 5.31. The molecule has 0 saturated heterocycles. The fraction of sp³-hybridized carbons (Fsp3) is 0.316. The lowest BCUT2D eigenvalue weighted by Crippen LogP contribution is -2.31. The van der Waals surface area contributed by atoms with Gasteiger partial charge < -0.3 is 14.8 Å². The van der Waals surface area contributed by atoms with Crippen LogP contribution in [-0.2, 0) is 4.79 Å². The number of ether oxygens (including phenoxy) is 2. The van der Waals surface area contributed by atoms with Crippen LogP contribution in [0, 0.1) is 6.92 Å². The maximum absolute atomic E-state index is 12.1. The number of rotatable bonds is 7. The maximum atomic E-state index is 12.1. The minimum absolute atomic E-state index is 0.0414. The predicted octanol–water partition coefficient (Wildman–Crippen LogP) is 3.65. The van der Waals surface area contributed by atoms with E-state index in [-0.39, 0.29) is 18.6 Å². The van der Waals surface area contributed by atoms with Gasteiger partial charge in [-0.3, -0.25) is 4.79 Å². The summed E-state index contributed by atoms with van der Waals surface area (Å²) in [4.78, 5) is 12.1. The van der Waals surface area contributed by atoms with Crippen LogP contribution in [0.25, 0.3) is 0 Å². The molecule has 0 radical (unpaired) electrons. The van der Waals surface area contributed by atoms with Crippen molar-refractivity contribution in [2.45, 2.75) is 26.8 Å². The molecule has 1 unspecified atom stereocenters. The number of amides is 1. The van der Waals surface area contributed by atoms with E-state index >= 15 is 0 Å². The Hall–Kier alpha value is -2.49. The van der Waals surface area contributed by atoms with Gasteiger partial charge in [-0.1, -0.05) is 36.4 Å². The Kier molecular flexibility index (Phi) is 6.03. The first-order chi connectivity index (χ1) is 11.1. The molecule has 1 atom stereocenters. The highest BCUT2D eigenvalue weighted by Gasteiger charge is 2.12. The molecule has 1 amide bonds. The van der Waals surface area contributed by atoms with Crippen LogP contribution in [0.1, 0.15) is 31.0 Å². The molecular weight excluding hydrogens is 290 g/mol. The molecular formula is C19H23NO3. The topological polar surface area (TPSA) is 47.6 Å². The number of benzene rings is 2. The Morgan fingerprint density at radius 2 is 1.65 bits per heavy atom. The minimum Gasteiger partial charge on any atom is -0.490 e. The van der Waals surface area contributed by atoms with E-state index < -0.39 is 0 Å². The third-order valence-electron chi connectivity index (χ3n) is 3.54. The van der Waals surface area contributed by atoms with E-state index in [0.717, 1.165) is 11.1 Å². The van der Waals surface area contributed by atoms with Gasteiger partial charge in [0.15, 0.2) is 18.1 Å². The molecule has 1 N–H and O–H groups in total. The van der Waals surface area contributed by atoms with Gasteiger partial charge >= 0.3 is 0 Å². The summed E-state index contributed by atoms with van der Waals surface area (Å²) >= 11 is 0. The lowest BCUT2D eigenvalue weighted by atomic mass is 10.0. The number of carbonyl (C=O) groups excluding carboxylic acids is 1. The second-order valence-corrected chi connectivity index (χ2v) is 5.31. The monoisotopic (exact) mass is 313 g/mol. The fourth-order valence-corrected chi connectivity index (χ4v) is 2.42. The van der Waals surface area contributed by atoms with Crippen molar-refractivity contribution in [1.29, 1.82) is 0 Å². The van der Waals surface area contributed by atoms with Crippen LogP contribution >= 0.6 is 0 Å². The van der Waals surface area contributed by atoms with E-state index in [0.29, 0.717) is 18.1 Å². The molecule has 0 heterocycles. The Labute approximate surface area is 137 Å². The van der Waals surface area contributed by atoms with Crippen molar-refractivity contribution in [2.75, 3.05) is 13.2 Å². The van der Waals surface area contributed by atoms with E-state index in [4.69, 9.17) is 9.47 Å². The average molecular weight is 313 g/mol. The van der Waals surface area contributed by atoms with Gasteiger partial charge in [0, 0.05) is 0 Å². The van der Waals surface area contributed by atoms with Gasteiger partial charge in [0.05, 0.1) is 12.6 Å². The van der Waals surface area contributed by atoms with Crippen LogP contribution in [0.4, 0.5) is 0 Å². The normalized spacial score (nSPS) is 11.6. The van der Waals surface area contributed by atoms with Crippen molar-refractivity contribution >= 4 is 5.91 Å². The Morgan fingerprint density at radius 1 is 1.04 bits per heavy atom. The third kappa shape index (κ3) is 4.74. The Bertz CT molecular complexity index is 655. The molecule has 0 aromatic heterocycles. The Balaban J connectivity index is 1.92. The van der Waals surface area contributed by atoms with E-state index in [1.807, 2.05) is 63.2 Å². The van der Waals surface area contributed by atoms with E-state index in [2.05, 4.69) is 5.32 Å². The van der Waals surface area contributed by atoms with Gasteiger partial charge in [-0.2, -0.15) is 0 Å². The van der Waals surface area contributed by atoms with Gasteiger partial charge in [0.1, 0.15) is 0 Å². The number of hydrogen-bond donors (Lipinski definition) is 1. The zero-order valence-corrected chi connectivity index (χ0v) is 13.8.